The maximum absolute atomic E-state index is 13.0. The topological polar surface area (TPSA) is 88.8 Å². The van der Waals surface area contributed by atoms with E-state index in [1.54, 1.807) is 23.5 Å². The number of nitrogens with zero attached hydrogens (tertiary/aromatic N) is 4. The molecule has 9 heteroatoms. The van der Waals surface area contributed by atoms with Crippen molar-refractivity contribution in [1.29, 1.82) is 0 Å². The van der Waals surface area contributed by atoms with Crippen molar-refractivity contribution in [2.45, 2.75) is 39.2 Å². The number of hydrogen-bond donors (Lipinski definition) is 1. The minimum absolute atomic E-state index is 0.00517. The van der Waals surface area contributed by atoms with E-state index in [0.29, 0.717) is 51.8 Å². The summed E-state index contributed by atoms with van der Waals surface area (Å²) < 4.78 is 8.72. The number of nitrogens with one attached hydrogen (secondary N) is 1. The predicted octanol–water partition coefficient (Wildman–Crippen LogP) is 1.90. The summed E-state index contributed by atoms with van der Waals surface area (Å²) in [6.07, 6.45) is 3.61. The molecule has 1 saturated carbocycles. The van der Waals surface area contributed by atoms with Gasteiger partial charge >= 0.3 is 5.69 Å². The molecule has 2 aromatic rings. The molecule has 2 fully saturated rings. The second-order valence-electron chi connectivity index (χ2n) is 9.62. The smallest absolute Gasteiger partial charge is 0.328 e. The molecule has 0 radical (unpaired) electrons. The SMILES string of the molecule is COCCNc1ccc2c(c1)n(CC1CCC(C(=O)N3CCN(C(C)=O)CC3)CC1)c(=O)n2C. The number of amides is 2. The van der Waals surface area contributed by atoms with Crippen LogP contribution in [0.2, 0.25) is 0 Å². The highest BCUT2D eigenvalue weighted by Crippen LogP contribution is 2.32. The second-order valence-corrected chi connectivity index (χ2v) is 9.62. The Labute approximate surface area is 200 Å². The van der Waals surface area contributed by atoms with E-state index in [1.807, 2.05) is 34.7 Å². The van der Waals surface area contributed by atoms with Crippen LogP contribution in [0.25, 0.3) is 11.0 Å². The maximum Gasteiger partial charge on any atom is 0.328 e. The number of aromatic nitrogens is 2. The van der Waals surface area contributed by atoms with E-state index in [1.165, 1.54) is 0 Å². The van der Waals surface area contributed by atoms with Gasteiger partial charge in [-0.25, -0.2) is 4.79 Å². The standard InChI is InChI=1S/C25H37N5O4/c1-18(31)28-11-13-29(14-12-28)24(32)20-6-4-19(5-7-20)17-30-23-16-21(26-10-15-34-3)8-9-22(23)27(2)25(30)33/h8-9,16,19-20,26H,4-7,10-15,17H2,1-3H3. The van der Waals surface area contributed by atoms with Gasteiger partial charge in [-0.05, 0) is 49.8 Å². The number of imidazole rings is 1. The number of benzene rings is 1. The normalized spacial score (nSPS) is 21.1. The first-order chi connectivity index (χ1) is 16.4. The van der Waals surface area contributed by atoms with E-state index in [2.05, 4.69) is 5.32 Å². The lowest BCUT2D eigenvalue weighted by molar-refractivity contribution is -0.142. The molecule has 0 atom stereocenters. The molecule has 1 N–H and O–H groups in total. The van der Waals surface area contributed by atoms with Crippen LogP contribution in [0, 0.1) is 11.8 Å². The zero-order valence-corrected chi connectivity index (χ0v) is 20.6. The van der Waals surface area contributed by atoms with E-state index < -0.39 is 0 Å². The molecule has 0 spiro atoms. The Morgan fingerprint density at radius 3 is 2.35 bits per heavy atom. The fraction of sp³-hybridized carbons (Fsp3) is 0.640. The Bertz CT molecular complexity index is 1070. The molecule has 2 heterocycles. The highest BCUT2D eigenvalue weighted by Gasteiger charge is 2.32. The van der Waals surface area contributed by atoms with Crippen molar-refractivity contribution in [1.82, 2.24) is 18.9 Å². The van der Waals surface area contributed by atoms with Gasteiger partial charge in [0.25, 0.3) is 0 Å². The van der Waals surface area contributed by atoms with Crippen molar-refractivity contribution in [2.24, 2.45) is 18.9 Å². The summed E-state index contributed by atoms with van der Waals surface area (Å²) in [4.78, 5) is 41.3. The Hall–Kier alpha value is -2.81. The van der Waals surface area contributed by atoms with Gasteiger partial charge in [-0.1, -0.05) is 0 Å². The Morgan fingerprint density at radius 2 is 1.71 bits per heavy atom. The summed E-state index contributed by atoms with van der Waals surface area (Å²) in [7, 11) is 3.50. The molecule has 9 nitrogen and oxygen atoms in total. The fourth-order valence-electron chi connectivity index (χ4n) is 5.34. The highest BCUT2D eigenvalue weighted by molar-refractivity contribution is 5.81. The molecule has 4 rings (SSSR count). The Balaban J connectivity index is 1.37. The van der Waals surface area contributed by atoms with Crippen LogP contribution in [-0.4, -0.2) is 77.2 Å². The maximum atomic E-state index is 13.0. The number of anilines is 1. The molecule has 0 unspecified atom stereocenters. The molecule has 0 bridgehead atoms. The summed E-state index contributed by atoms with van der Waals surface area (Å²) in [6.45, 7) is 6.10. The summed E-state index contributed by atoms with van der Waals surface area (Å²) in [6, 6.07) is 6.03. The van der Waals surface area contributed by atoms with Crippen LogP contribution >= 0.6 is 0 Å². The van der Waals surface area contributed by atoms with Crippen LogP contribution in [-0.2, 0) is 27.9 Å². The number of carbonyl (C=O) groups excluding carboxylic acids is 2. The van der Waals surface area contributed by atoms with Crippen molar-refractivity contribution in [2.75, 3.05) is 51.8 Å². The lowest BCUT2D eigenvalue weighted by atomic mass is 9.81. The molecule has 1 aromatic carbocycles. The number of ether oxygens (including phenoxy) is 1. The van der Waals surface area contributed by atoms with Crippen LogP contribution in [0.1, 0.15) is 32.6 Å². The van der Waals surface area contributed by atoms with Crippen LogP contribution in [0.15, 0.2) is 23.0 Å². The Morgan fingerprint density at radius 1 is 1.03 bits per heavy atom. The molecule has 1 aromatic heterocycles. The number of hydrogen-bond acceptors (Lipinski definition) is 5. The van der Waals surface area contributed by atoms with E-state index in [0.717, 1.165) is 42.4 Å². The van der Waals surface area contributed by atoms with E-state index in [-0.39, 0.29) is 23.4 Å². The summed E-state index contributed by atoms with van der Waals surface area (Å²) in [5, 5.41) is 3.34. The molecule has 2 amide bonds. The monoisotopic (exact) mass is 471 g/mol. The highest BCUT2D eigenvalue weighted by atomic mass is 16.5. The van der Waals surface area contributed by atoms with Crippen molar-refractivity contribution in [3.63, 3.8) is 0 Å². The molecule has 1 aliphatic carbocycles. The average molecular weight is 472 g/mol. The first-order valence-corrected chi connectivity index (χ1v) is 12.4. The van der Waals surface area contributed by atoms with E-state index in [4.69, 9.17) is 4.74 Å². The summed E-state index contributed by atoms with van der Waals surface area (Å²) in [5.74, 6) is 0.748. The quantitative estimate of drug-likeness (QED) is 0.623. The lowest BCUT2D eigenvalue weighted by Crippen LogP contribution is -2.51. The first-order valence-electron chi connectivity index (χ1n) is 12.4. The summed E-state index contributed by atoms with van der Waals surface area (Å²) in [5.41, 5.74) is 2.85. The molecule has 186 valence electrons. The number of methoxy groups -OCH3 is 1. The number of carbonyl (C=O) groups is 2. The fourth-order valence-corrected chi connectivity index (χ4v) is 5.34. The zero-order valence-electron chi connectivity index (χ0n) is 20.6. The van der Waals surface area contributed by atoms with Crippen molar-refractivity contribution in [3.8, 4) is 0 Å². The van der Waals surface area contributed by atoms with Crippen LogP contribution in [0.5, 0.6) is 0 Å². The van der Waals surface area contributed by atoms with Gasteiger partial charge in [0, 0.05) is 72.0 Å². The molecular formula is C25H37N5O4. The zero-order chi connectivity index (χ0) is 24.2. The van der Waals surface area contributed by atoms with Gasteiger partial charge < -0.3 is 19.9 Å². The minimum Gasteiger partial charge on any atom is -0.383 e. The molecule has 1 saturated heterocycles. The Kier molecular flexibility index (Phi) is 7.60. The van der Waals surface area contributed by atoms with Gasteiger partial charge in [-0.3, -0.25) is 18.7 Å². The lowest BCUT2D eigenvalue weighted by Gasteiger charge is -2.37. The third kappa shape index (κ3) is 5.14. The van der Waals surface area contributed by atoms with Gasteiger partial charge in [0.2, 0.25) is 11.8 Å². The van der Waals surface area contributed by atoms with Crippen LogP contribution < -0.4 is 11.0 Å². The van der Waals surface area contributed by atoms with Crippen molar-refractivity contribution in [3.05, 3.63) is 28.7 Å². The molecule has 2 aliphatic rings. The number of fused-ring (bicyclic) bond motifs is 1. The second kappa shape index (κ2) is 10.6. The van der Waals surface area contributed by atoms with E-state index >= 15 is 0 Å². The van der Waals surface area contributed by atoms with Crippen molar-refractivity contribution < 1.29 is 14.3 Å². The number of rotatable bonds is 7. The van der Waals surface area contributed by atoms with Crippen LogP contribution in [0.4, 0.5) is 5.69 Å². The van der Waals surface area contributed by atoms with Crippen molar-refractivity contribution >= 4 is 28.5 Å². The average Bonchev–Trinajstić information content (AvgIpc) is 3.08. The van der Waals surface area contributed by atoms with Gasteiger partial charge in [0.1, 0.15) is 0 Å². The van der Waals surface area contributed by atoms with Gasteiger partial charge in [-0.15, -0.1) is 0 Å². The van der Waals surface area contributed by atoms with Gasteiger partial charge in [0.05, 0.1) is 17.6 Å². The molecule has 1 aliphatic heterocycles. The number of piperazine rings is 1. The third-order valence-electron chi connectivity index (χ3n) is 7.45. The number of aryl methyl sites for hydroxylation is 1. The van der Waals surface area contributed by atoms with Crippen LogP contribution in [0.3, 0.4) is 0 Å². The molecule has 34 heavy (non-hydrogen) atoms. The van der Waals surface area contributed by atoms with E-state index in [9.17, 15) is 14.4 Å². The molecular weight excluding hydrogens is 434 g/mol. The van der Waals surface area contributed by atoms with Gasteiger partial charge in [-0.2, -0.15) is 0 Å². The largest absolute Gasteiger partial charge is 0.383 e. The third-order valence-corrected chi connectivity index (χ3v) is 7.45. The summed E-state index contributed by atoms with van der Waals surface area (Å²) >= 11 is 0. The van der Waals surface area contributed by atoms with Gasteiger partial charge in [0.15, 0.2) is 0 Å². The minimum atomic E-state index is 0.00517. The first kappa shape index (κ1) is 24.3. The predicted molar refractivity (Wildman–Crippen MR) is 132 cm³/mol.